The van der Waals surface area contributed by atoms with E-state index in [1.54, 1.807) is 22.9 Å². The molecule has 0 fully saturated rings. The normalized spacial score (nSPS) is 15.4. The van der Waals surface area contributed by atoms with Crippen molar-refractivity contribution < 1.29 is 31.8 Å². The Morgan fingerprint density at radius 3 is 2.71 bits per heavy atom. The van der Waals surface area contributed by atoms with Gasteiger partial charge in [0, 0.05) is 37.7 Å². The molecule has 4 aliphatic heterocycles. The summed E-state index contributed by atoms with van der Waals surface area (Å²) in [6.45, 7) is 5.20. The first-order valence-electron chi connectivity index (χ1n) is 14.1. The lowest BCUT2D eigenvalue weighted by Crippen LogP contribution is -2.21. The van der Waals surface area contributed by atoms with Gasteiger partial charge in [0.1, 0.15) is 17.1 Å². The van der Waals surface area contributed by atoms with Crippen molar-refractivity contribution in [3.8, 4) is 17.0 Å². The van der Waals surface area contributed by atoms with Crippen LogP contribution < -0.4 is 20.7 Å². The van der Waals surface area contributed by atoms with Crippen molar-refractivity contribution >= 4 is 37.4 Å². The molecule has 7 heterocycles. The molecule has 1 amide bonds. The van der Waals surface area contributed by atoms with E-state index >= 15 is 0 Å². The number of pyridine rings is 1. The number of nitrogens with one attached hydrogen (secondary N) is 3. The molecule has 0 aliphatic carbocycles. The number of methoxy groups -OCH3 is 1. The maximum atomic E-state index is 14.1. The fourth-order valence-electron chi connectivity index (χ4n) is 4.63. The van der Waals surface area contributed by atoms with Crippen molar-refractivity contribution in [3.63, 3.8) is 0 Å². The Kier molecular flexibility index (Phi) is 9.80. The monoisotopic (exact) mass is 644 g/mol. The highest BCUT2D eigenvalue weighted by atomic mass is 31.2. The van der Waals surface area contributed by atoms with Crippen LogP contribution in [0, 0.1) is 6.92 Å². The van der Waals surface area contributed by atoms with Crippen LogP contribution in [0.3, 0.4) is 0 Å². The number of amides is 1. The first kappa shape index (κ1) is 32.1. The number of alkyl halides is 3. The minimum atomic E-state index is -4.79. The lowest BCUT2D eigenvalue weighted by molar-refractivity contribution is -0.137. The quantitative estimate of drug-likeness (QED) is 0.221. The molecule has 1 atom stereocenters. The summed E-state index contributed by atoms with van der Waals surface area (Å²) in [4.78, 5) is 25.5. The Bertz CT molecular complexity index is 1680. The van der Waals surface area contributed by atoms with Crippen LogP contribution in [0.4, 0.5) is 36.3 Å². The third-order valence-corrected chi connectivity index (χ3v) is 8.41. The van der Waals surface area contributed by atoms with Gasteiger partial charge in [-0.05, 0) is 50.1 Å². The van der Waals surface area contributed by atoms with Crippen molar-refractivity contribution in [2.75, 3.05) is 38.0 Å². The van der Waals surface area contributed by atoms with Gasteiger partial charge in [0.25, 0.3) is 5.91 Å². The number of carbonyl (C=O) groups excluding carboxylic acids is 1. The van der Waals surface area contributed by atoms with Crippen LogP contribution in [0.2, 0.25) is 0 Å². The Morgan fingerprint density at radius 1 is 1.18 bits per heavy atom. The summed E-state index contributed by atoms with van der Waals surface area (Å²) < 4.78 is 61.5. The molecule has 1 aromatic carbocycles. The number of hydrogen-bond donors (Lipinski definition) is 3. The minimum Gasteiger partial charge on any atom is -0.495 e. The summed E-state index contributed by atoms with van der Waals surface area (Å²) in [7, 11) is 1.64. The molecule has 4 aromatic rings. The highest BCUT2D eigenvalue weighted by molar-refractivity contribution is 7.46. The van der Waals surface area contributed by atoms with Gasteiger partial charge in [-0.3, -0.25) is 9.48 Å². The molecular formula is C29H32F3N8O4P. The summed E-state index contributed by atoms with van der Waals surface area (Å²) in [6.07, 6.45) is -1.14. The molecule has 12 nitrogen and oxygen atoms in total. The number of hydrogen-bond acceptors (Lipinski definition) is 10. The van der Waals surface area contributed by atoms with Gasteiger partial charge in [-0.25, -0.2) is 9.97 Å². The number of ether oxygens (including phenoxy) is 1. The van der Waals surface area contributed by atoms with Crippen LogP contribution in [0.1, 0.15) is 40.7 Å². The van der Waals surface area contributed by atoms with Crippen molar-refractivity contribution in [1.29, 1.82) is 0 Å². The number of aromatic nitrogens is 5. The Morgan fingerprint density at radius 2 is 1.98 bits per heavy atom. The SMILES string of the molecule is CCOP1Cc2ccc(c(OC)c2)Nc2ncc(C(F)(F)F)c(n2)Nc2ccc(nc2C(=O)NC)-c2cn(nc2C)CCCO1. The van der Waals surface area contributed by atoms with Gasteiger partial charge in [-0.2, -0.15) is 23.3 Å². The van der Waals surface area contributed by atoms with Crippen LogP contribution in [0.25, 0.3) is 11.3 Å². The Balaban J connectivity index is 1.62. The zero-order chi connectivity index (χ0) is 32.1. The van der Waals surface area contributed by atoms with E-state index in [9.17, 15) is 18.0 Å². The molecule has 3 N–H and O–H groups in total. The van der Waals surface area contributed by atoms with E-state index in [1.807, 2.05) is 26.1 Å². The van der Waals surface area contributed by atoms with Gasteiger partial charge >= 0.3 is 6.18 Å². The van der Waals surface area contributed by atoms with Gasteiger partial charge in [-0.15, -0.1) is 0 Å². The van der Waals surface area contributed by atoms with Gasteiger partial charge in [0.15, 0.2) is 14.1 Å². The number of rotatable bonds is 4. The summed E-state index contributed by atoms with van der Waals surface area (Å²) in [5, 5.41) is 12.7. The van der Waals surface area contributed by atoms with E-state index < -0.39 is 31.8 Å². The molecule has 0 saturated carbocycles. The van der Waals surface area contributed by atoms with Crippen LogP contribution in [-0.4, -0.2) is 58.0 Å². The molecule has 0 saturated heterocycles. The first-order valence-corrected chi connectivity index (χ1v) is 15.4. The second-order valence-electron chi connectivity index (χ2n) is 9.90. The smallest absolute Gasteiger partial charge is 0.421 e. The van der Waals surface area contributed by atoms with Crippen molar-refractivity contribution in [2.24, 2.45) is 0 Å². The maximum Gasteiger partial charge on any atom is 0.421 e. The summed E-state index contributed by atoms with van der Waals surface area (Å²) in [5.74, 6) is -0.883. The van der Waals surface area contributed by atoms with Crippen LogP contribution in [0.5, 0.6) is 5.75 Å². The topological polar surface area (TPSA) is 137 Å². The molecule has 8 bridgehead atoms. The first-order chi connectivity index (χ1) is 21.6. The van der Waals surface area contributed by atoms with E-state index in [0.717, 1.165) is 5.56 Å². The number of benzene rings is 1. The Labute approximate surface area is 258 Å². The Hall–Kier alpha value is -4.33. The fraction of sp³-hybridized carbons (Fsp3) is 0.345. The van der Waals surface area contributed by atoms with Crippen molar-refractivity contribution in [3.05, 3.63) is 65.2 Å². The molecule has 0 radical (unpaired) electrons. The standard InChI is InChI=1S/C29H32F3N8O4P/c1-5-43-45-16-18-7-8-22(24(13-18)42-4)37-28-34-14-20(29(30,31)32)26(38-28)36-23-10-9-21(35-25(23)27(41)33-3)19-15-40(39-17(19)2)11-6-12-44-45/h7-10,13-15H,5-6,11-12,16H2,1-4H3,(H,33,41)(H2,34,36,37,38). The van der Waals surface area contributed by atoms with Crippen LogP contribution >= 0.6 is 8.38 Å². The molecule has 4 aliphatic rings. The summed E-state index contributed by atoms with van der Waals surface area (Å²) in [5.41, 5.74) is 1.86. The number of nitrogens with zero attached hydrogens (tertiary/aromatic N) is 5. The third kappa shape index (κ3) is 7.49. The zero-order valence-corrected chi connectivity index (χ0v) is 25.9. The molecule has 16 heteroatoms. The van der Waals surface area contributed by atoms with E-state index in [4.69, 9.17) is 13.8 Å². The number of aryl methyl sites for hydroxylation is 2. The molecular weight excluding hydrogens is 612 g/mol. The molecule has 1 unspecified atom stereocenters. The minimum absolute atomic E-state index is 0.0188. The second-order valence-corrected chi connectivity index (χ2v) is 11.4. The lowest BCUT2D eigenvalue weighted by Gasteiger charge is -2.19. The number of anilines is 4. The lowest BCUT2D eigenvalue weighted by atomic mass is 10.1. The summed E-state index contributed by atoms with van der Waals surface area (Å²) >= 11 is 0. The predicted molar refractivity (Wildman–Crippen MR) is 163 cm³/mol. The highest BCUT2D eigenvalue weighted by Gasteiger charge is 2.36. The largest absolute Gasteiger partial charge is 0.495 e. The van der Waals surface area contributed by atoms with E-state index in [-0.39, 0.29) is 17.3 Å². The van der Waals surface area contributed by atoms with Gasteiger partial charge < -0.3 is 29.7 Å². The predicted octanol–water partition coefficient (Wildman–Crippen LogP) is 6.19. The highest BCUT2D eigenvalue weighted by Crippen LogP contribution is 2.44. The second kappa shape index (κ2) is 13.8. The molecule has 3 aromatic heterocycles. The average Bonchev–Trinajstić information content (AvgIpc) is 3.39. The number of carbonyl (C=O) groups is 1. The van der Waals surface area contributed by atoms with Crippen LogP contribution in [0.15, 0.2) is 42.7 Å². The molecule has 238 valence electrons. The van der Waals surface area contributed by atoms with Crippen molar-refractivity contribution in [1.82, 2.24) is 30.0 Å². The van der Waals surface area contributed by atoms with Crippen molar-refractivity contribution in [2.45, 2.75) is 39.2 Å². The molecule has 0 spiro atoms. The zero-order valence-electron chi connectivity index (χ0n) is 25.0. The molecule has 8 rings (SSSR count). The average molecular weight is 645 g/mol. The fourth-order valence-corrected chi connectivity index (χ4v) is 6.00. The van der Waals surface area contributed by atoms with Gasteiger partial charge in [0.05, 0.1) is 43.1 Å². The summed E-state index contributed by atoms with van der Waals surface area (Å²) in [6, 6.07) is 8.45. The molecule has 45 heavy (non-hydrogen) atoms. The van der Waals surface area contributed by atoms with E-state index in [1.165, 1.54) is 20.2 Å². The maximum absolute atomic E-state index is 14.1. The van der Waals surface area contributed by atoms with E-state index in [2.05, 4.69) is 36.0 Å². The number of halogens is 3. The van der Waals surface area contributed by atoms with Crippen LogP contribution in [-0.2, 0) is 27.9 Å². The van der Waals surface area contributed by atoms with Gasteiger partial charge in [-0.1, -0.05) is 6.07 Å². The van der Waals surface area contributed by atoms with E-state index in [0.29, 0.717) is 66.9 Å². The van der Waals surface area contributed by atoms with Gasteiger partial charge in [0.2, 0.25) is 5.95 Å². The third-order valence-electron chi connectivity index (χ3n) is 6.77.